The Kier molecular flexibility index (Phi) is 7.66. The van der Waals surface area contributed by atoms with Gasteiger partial charge in [0.1, 0.15) is 30.5 Å². The molecule has 0 N–H and O–H groups in total. The lowest BCUT2D eigenvalue weighted by Crippen LogP contribution is -2.29. The maximum atomic E-state index is 11.7. The fourth-order valence-electron chi connectivity index (χ4n) is 3.99. The molecule has 33 heavy (non-hydrogen) atoms. The van der Waals surface area contributed by atoms with E-state index < -0.39 is 0 Å². The Hall–Kier alpha value is -3.28. The van der Waals surface area contributed by atoms with Gasteiger partial charge < -0.3 is 19.1 Å². The van der Waals surface area contributed by atoms with Crippen LogP contribution in [0.5, 0.6) is 17.2 Å². The monoisotopic (exact) mass is 448 g/mol. The van der Waals surface area contributed by atoms with Gasteiger partial charge in [-0.15, -0.1) is 0 Å². The summed E-state index contributed by atoms with van der Waals surface area (Å²) in [5.74, 6) is 2.55. The van der Waals surface area contributed by atoms with Gasteiger partial charge >= 0.3 is 0 Å². The van der Waals surface area contributed by atoms with E-state index in [1.165, 1.54) is 0 Å². The summed E-state index contributed by atoms with van der Waals surface area (Å²) < 4.78 is 18.1. The summed E-state index contributed by atoms with van der Waals surface area (Å²) in [4.78, 5) is 18.4. The third kappa shape index (κ3) is 5.75. The Balaban J connectivity index is 1.42. The molecule has 0 radical (unpaired) electrons. The average molecular weight is 449 g/mol. The number of pyridine rings is 1. The predicted molar refractivity (Wildman–Crippen MR) is 129 cm³/mol. The highest BCUT2D eigenvalue weighted by molar-refractivity contribution is 5.86. The summed E-state index contributed by atoms with van der Waals surface area (Å²) in [5, 5.41) is 1.03. The summed E-state index contributed by atoms with van der Waals surface area (Å²) in [5.41, 5.74) is 2.77. The maximum absolute atomic E-state index is 11.7. The van der Waals surface area contributed by atoms with Crippen LogP contribution in [0.25, 0.3) is 10.9 Å². The van der Waals surface area contributed by atoms with E-state index in [0.29, 0.717) is 38.5 Å². The number of carbonyl (C=O) groups is 1. The van der Waals surface area contributed by atoms with Crippen LogP contribution >= 0.6 is 0 Å². The minimum Gasteiger partial charge on any atom is -0.493 e. The first-order valence-electron chi connectivity index (χ1n) is 11.8. The van der Waals surface area contributed by atoms with Gasteiger partial charge in [-0.2, -0.15) is 0 Å². The van der Waals surface area contributed by atoms with Crippen LogP contribution in [0.1, 0.15) is 43.9 Å². The molecular formula is C27H32N2O4. The van der Waals surface area contributed by atoms with Crippen LogP contribution in [-0.2, 0) is 11.4 Å². The zero-order valence-electron chi connectivity index (χ0n) is 19.5. The molecule has 3 aromatic rings. The third-order valence-electron chi connectivity index (χ3n) is 5.90. The van der Waals surface area contributed by atoms with Gasteiger partial charge in [0.2, 0.25) is 5.91 Å². The highest BCUT2D eigenvalue weighted by atomic mass is 16.5. The van der Waals surface area contributed by atoms with E-state index >= 15 is 0 Å². The molecule has 1 amide bonds. The number of nitrogens with zero attached hydrogens (tertiary/aromatic N) is 2. The summed E-state index contributed by atoms with van der Waals surface area (Å²) in [6, 6.07) is 15.7. The molecular weight excluding hydrogens is 416 g/mol. The van der Waals surface area contributed by atoms with Crippen molar-refractivity contribution < 1.29 is 19.0 Å². The molecule has 1 fully saturated rings. The lowest BCUT2D eigenvalue weighted by atomic mass is 10.1. The number of aromatic nitrogens is 1. The van der Waals surface area contributed by atoms with Crippen molar-refractivity contribution in [2.45, 2.75) is 46.1 Å². The Morgan fingerprint density at radius 2 is 1.82 bits per heavy atom. The Bertz CT molecular complexity index is 1100. The molecule has 0 atom stereocenters. The second-order valence-electron chi connectivity index (χ2n) is 8.33. The van der Waals surface area contributed by atoms with Crippen molar-refractivity contribution in [3.63, 3.8) is 0 Å². The van der Waals surface area contributed by atoms with Gasteiger partial charge in [-0.1, -0.05) is 31.5 Å². The number of benzene rings is 2. The Morgan fingerprint density at radius 1 is 1.00 bits per heavy atom. The largest absolute Gasteiger partial charge is 0.493 e. The number of fused-ring (bicyclic) bond motifs is 1. The number of hydrogen-bond acceptors (Lipinski definition) is 5. The molecule has 0 aliphatic carbocycles. The SMILES string of the molecule is CCCCOc1c(C)c(COc2cccc(OCCN3CCCC3=O)c2)nc2ccccc12. The average Bonchev–Trinajstić information content (AvgIpc) is 3.24. The number of unbranched alkanes of at least 4 members (excludes halogenated alkanes) is 1. The van der Waals surface area contributed by atoms with Crippen molar-refractivity contribution in [3.05, 3.63) is 59.8 Å². The molecule has 1 aromatic heterocycles. The molecule has 0 bridgehead atoms. The van der Waals surface area contributed by atoms with Gasteiger partial charge in [0.05, 0.1) is 24.4 Å². The van der Waals surface area contributed by atoms with Crippen LogP contribution in [-0.4, -0.2) is 42.1 Å². The van der Waals surface area contributed by atoms with Crippen molar-refractivity contribution in [1.82, 2.24) is 9.88 Å². The fraction of sp³-hybridized carbons (Fsp3) is 0.407. The zero-order valence-corrected chi connectivity index (χ0v) is 19.5. The quantitative estimate of drug-likeness (QED) is 0.373. The van der Waals surface area contributed by atoms with Crippen LogP contribution in [0.2, 0.25) is 0 Å². The summed E-state index contributed by atoms with van der Waals surface area (Å²) in [6.45, 7) is 7.14. The Morgan fingerprint density at radius 3 is 2.61 bits per heavy atom. The molecule has 6 nitrogen and oxygen atoms in total. The minimum absolute atomic E-state index is 0.215. The van der Waals surface area contributed by atoms with Crippen molar-refractivity contribution in [2.24, 2.45) is 0 Å². The Labute approximate surface area is 195 Å². The van der Waals surface area contributed by atoms with E-state index in [-0.39, 0.29) is 5.91 Å². The molecule has 1 aliphatic heterocycles. The van der Waals surface area contributed by atoms with Gasteiger partial charge in [-0.25, -0.2) is 4.98 Å². The highest BCUT2D eigenvalue weighted by Crippen LogP contribution is 2.31. The second kappa shape index (κ2) is 11.0. The summed E-state index contributed by atoms with van der Waals surface area (Å²) in [7, 11) is 0. The van der Waals surface area contributed by atoms with Crippen molar-refractivity contribution in [1.29, 1.82) is 0 Å². The number of hydrogen-bond donors (Lipinski definition) is 0. The summed E-state index contributed by atoms with van der Waals surface area (Å²) >= 11 is 0. The van der Waals surface area contributed by atoms with E-state index in [1.54, 1.807) is 0 Å². The molecule has 0 saturated carbocycles. The van der Waals surface area contributed by atoms with Gasteiger partial charge in [0.15, 0.2) is 0 Å². The smallest absolute Gasteiger partial charge is 0.222 e. The molecule has 1 saturated heterocycles. The van der Waals surface area contributed by atoms with Crippen LogP contribution in [0.3, 0.4) is 0 Å². The third-order valence-corrected chi connectivity index (χ3v) is 5.90. The van der Waals surface area contributed by atoms with Crippen molar-refractivity contribution in [2.75, 3.05) is 26.3 Å². The van der Waals surface area contributed by atoms with Gasteiger partial charge in [-0.3, -0.25) is 4.79 Å². The van der Waals surface area contributed by atoms with Crippen LogP contribution in [0.15, 0.2) is 48.5 Å². The lowest BCUT2D eigenvalue weighted by molar-refractivity contribution is -0.128. The van der Waals surface area contributed by atoms with E-state index in [4.69, 9.17) is 19.2 Å². The second-order valence-corrected chi connectivity index (χ2v) is 8.33. The van der Waals surface area contributed by atoms with Gasteiger partial charge in [0, 0.05) is 30.0 Å². The minimum atomic E-state index is 0.215. The van der Waals surface area contributed by atoms with Crippen LogP contribution in [0, 0.1) is 6.92 Å². The van der Waals surface area contributed by atoms with Crippen LogP contribution in [0.4, 0.5) is 0 Å². The zero-order chi connectivity index (χ0) is 23.0. The first-order chi connectivity index (χ1) is 16.2. The molecule has 174 valence electrons. The molecule has 0 spiro atoms. The molecule has 4 rings (SSSR count). The van der Waals surface area contributed by atoms with Crippen molar-refractivity contribution >= 4 is 16.8 Å². The normalized spacial score (nSPS) is 13.5. The number of likely N-dealkylation sites (tertiary alicyclic amines) is 1. The number of para-hydroxylation sites is 1. The first kappa shape index (κ1) is 22.9. The number of ether oxygens (including phenoxy) is 3. The number of carbonyl (C=O) groups excluding carboxylic acids is 1. The van der Waals surface area contributed by atoms with Crippen LogP contribution < -0.4 is 14.2 Å². The molecule has 6 heteroatoms. The molecule has 2 heterocycles. The fourth-order valence-corrected chi connectivity index (χ4v) is 3.99. The van der Waals surface area contributed by atoms with E-state index in [1.807, 2.05) is 54.3 Å². The van der Waals surface area contributed by atoms with E-state index in [0.717, 1.165) is 59.5 Å². The number of rotatable bonds is 11. The standard InChI is InChI=1S/C27H32N2O4/c1-3-4-16-32-27-20(2)25(28-24-12-6-5-11-23(24)27)19-33-22-10-7-9-21(18-22)31-17-15-29-14-8-13-26(29)30/h5-7,9-12,18H,3-4,8,13-17,19H2,1-2H3. The van der Waals surface area contributed by atoms with E-state index in [2.05, 4.69) is 13.0 Å². The topological polar surface area (TPSA) is 60.9 Å². The number of amides is 1. The molecule has 2 aromatic carbocycles. The first-order valence-corrected chi connectivity index (χ1v) is 11.8. The lowest BCUT2D eigenvalue weighted by Gasteiger charge is -2.17. The van der Waals surface area contributed by atoms with Gasteiger partial charge in [0.25, 0.3) is 0 Å². The molecule has 0 unspecified atom stereocenters. The highest BCUT2D eigenvalue weighted by Gasteiger charge is 2.19. The molecule has 1 aliphatic rings. The van der Waals surface area contributed by atoms with E-state index in [9.17, 15) is 4.79 Å². The van der Waals surface area contributed by atoms with Crippen molar-refractivity contribution in [3.8, 4) is 17.2 Å². The predicted octanol–water partition coefficient (Wildman–Crippen LogP) is 5.30. The van der Waals surface area contributed by atoms with Gasteiger partial charge in [-0.05, 0) is 44.0 Å². The summed E-state index contributed by atoms with van der Waals surface area (Å²) in [6.07, 6.45) is 3.69. The maximum Gasteiger partial charge on any atom is 0.222 e.